The lowest BCUT2D eigenvalue weighted by atomic mass is 10.1. The van der Waals surface area contributed by atoms with Gasteiger partial charge in [0.1, 0.15) is 6.17 Å². The molecular formula is C15H23F. The Balaban J connectivity index is 4.58. The van der Waals surface area contributed by atoms with E-state index < -0.39 is 6.17 Å². The summed E-state index contributed by atoms with van der Waals surface area (Å²) in [6.07, 6.45) is 12.8. The van der Waals surface area contributed by atoms with Crippen LogP contribution >= 0.6 is 0 Å². The number of alkyl halides is 1. The van der Waals surface area contributed by atoms with Gasteiger partial charge in [0.2, 0.25) is 0 Å². The molecule has 1 unspecified atom stereocenters. The normalized spacial score (nSPS) is 16.3. The molecule has 0 amide bonds. The molecule has 0 aromatic carbocycles. The first-order valence-corrected chi connectivity index (χ1v) is 5.90. The molecule has 0 saturated heterocycles. The highest BCUT2D eigenvalue weighted by Gasteiger charge is 2.00. The lowest BCUT2D eigenvalue weighted by Gasteiger charge is -2.04. The van der Waals surface area contributed by atoms with Crippen LogP contribution in [0.5, 0.6) is 0 Å². The summed E-state index contributed by atoms with van der Waals surface area (Å²) in [5.74, 6) is 0. The Hall–Kier alpha value is -1.11. The van der Waals surface area contributed by atoms with Gasteiger partial charge in [-0.3, -0.25) is 0 Å². The zero-order chi connectivity index (χ0) is 12.4. The predicted octanol–water partition coefficient (Wildman–Crippen LogP) is 5.15. The summed E-state index contributed by atoms with van der Waals surface area (Å²) in [6, 6.07) is 0. The quantitative estimate of drug-likeness (QED) is 0.545. The second kappa shape index (κ2) is 9.14. The van der Waals surface area contributed by atoms with Crippen LogP contribution in [-0.4, -0.2) is 6.17 Å². The Morgan fingerprint density at radius 3 is 2.50 bits per heavy atom. The summed E-state index contributed by atoms with van der Waals surface area (Å²) in [4.78, 5) is 0. The molecule has 0 aliphatic carbocycles. The summed E-state index contributed by atoms with van der Waals surface area (Å²) >= 11 is 0. The van der Waals surface area contributed by atoms with E-state index in [1.165, 1.54) is 0 Å². The van der Waals surface area contributed by atoms with Crippen molar-refractivity contribution in [3.05, 3.63) is 47.6 Å². The Bertz CT molecular complexity index is 291. The molecule has 0 N–H and O–H groups in total. The van der Waals surface area contributed by atoms with E-state index in [-0.39, 0.29) is 0 Å². The van der Waals surface area contributed by atoms with Gasteiger partial charge in [-0.05, 0) is 32.8 Å². The first-order valence-electron chi connectivity index (χ1n) is 5.90. The van der Waals surface area contributed by atoms with Gasteiger partial charge in [-0.2, -0.15) is 0 Å². The summed E-state index contributed by atoms with van der Waals surface area (Å²) < 4.78 is 12.9. The standard InChI is InChI=1S/C15H23F/c1-5-7-8-10-13(3)11-15(9-6-2)12-14(4)16/h5,7-11,14H,6,12H2,1-4H3/b7-5-,10-8-,13-11+,15-9-. The van der Waals surface area contributed by atoms with Crippen LogP contribution in [0.3, 0.4) is 0 Å². The number of allylic oxidation sites excluding steroid dienone is 8. The average Bonchev–Trinajstić information content (AvgIpc) is 2.17. The van der Waals surface area contributed by atoms with E-state index in [1.54, 1.807) is 6.92 Å². The van der Waals surface area contributed by atoms with Crippen molar-refractivity contribution in [2.45, 2.75) is 46.7 Å². The number of halogens is 1. The van der Waals surface area contributed by atoms with E-state index in [2.05, 4.69) is 19.1 Å². The third kappa shape index (κ3) is 8.22. The van der Waals surface area contributed by atoms with Crippen molar-refractivity contribution in [3.63, 3.8) is 0 Å². The molecule has 0 rings (SSSR count). The molecule has 0 spiro atoms. The number of hydrogen-bond acceptors (Lipinski definition) is 0. The van der Waals surface area contributed by atoms with E-state index >= 15 is 0 Å². The molecule has 0 nitrogen and oxygen atoms in total. The van der Waals surface area contributed by atoms with Crippen LogP contribution in [0.4, 0.5) is 4.39 Å². The van der Waals surface area contributed by atoms with Crippen LogP contribution in [0.15, 0.2) is 47.6 Å². The molecule has 16 heavy (non-hydrogen) atoms. The Labute approximate surface area is 99.3 Å². The largest absolute Gasteiger partial charge is 0.247 e. The van der Waals surface area contributed by atoms with Gasteiger partial charge >= 0.3 is 0 Å². The predicted molar refractivity (Wildman–Crippen MR) is 71.3 cm³/mol. The molecule has 0 radical (unpaired) electrons. The lowest BCUT2D eigenvalue weighted by Crippen LogP contribution is -1.94. The Kier molecular flexibility index (Phi) is 8.51. The fraction of sp³-hybridized carbons (Fsp3) is 0.467. The van der Waals surface area contributed by atoms with Crippen molar-refractivity contribution < 1.29 is 4.39 Å². The smallest absolute Gasteiger partial charge is 0.101 e. The molecule has 0 heterocycles. The lowest BCUT2D eigenvalue weighted by molar-refractivity contribution is 0.361. The maximum absolute atomic E-state index is 12.9. The minimum atomic E-state index is -0.777. The van der Waals surface area contributed by atoms with Crippen LogP contribution in [0.25, 0.3) is 0 Å². The Morgan fingerprint density at radius 2 is 2.00 bits per heavy atom. The fourth-order valence-electron chi connectivity index (χ4n) is 1.45. The third-order valence-electron chi connectivity index (χ3n) is 2.06. The van der Waals surface area contributed by atoms with Crippen molar-refractivity contribution in [2.75, 3.05) is 0 Å². The Morgan fingerprint density at radius 1 is 1.31 bits per heavy atom. The molecule has 1 atom stereocenters. The minimum absolute atomic E-state index is 0.503. The third-order valence-corrected chi connectivity index (χ3v) is 2.06. The van der Waals surface area contributed by atoms with Crippen LogP contribution in [-0.2, 0) is 0 Å². The highest BCUT2D eigenvalue weighted by Crippen LogP contribution is 2.13. The van der Waals surface area contributed by atoms with Crippen molar-refractivity contribution in [2.24, 2.45) is 0 Å². The van der Waals surface area contributed by atoms with Gasteiger partial charge in [0.15, 0.2) is 0 Å². The summed E-state index contributed by atoms with van der Waals surface area (Å²) in [6.45, 7) is 7.69. The maximum atomic E-state index is 12.9. The molecule has 0 aliphatic heterocycles. The summed E-state index contributed by atoms with van der Waals surface area (Å²) in [5.41, 5.74) is 2.23. The first-order chi connectivity index (χ1) is 7.60. The molecular weight excluding hydrogens is 199 g/mol. The summed E-state index contributed by atoms with van der Waals surface area (Å²) in [7, 11) is 0. The molecule has 1 heteroatoms. The van der Waals surface area contributed by atoms with Gasteiger partial charge in [-0.15, -0.1) is 0 Å². The topological polar surface area (TPSA) is 0 Å². The monoisotopic (exact) mass is 222 g/mol. The van der Waals surface area contributed by atoms with Gasteiger partial charge in [0.05, 0.1) is 0 Å². The second-order valence-electron chi connectivity index (χ2n) is 3.95. The van der Waals surface area contributed by atoms with E-state index in [9.17, 15) is 4.39 Å². The van der Waals surface area contributed by atoms with Crippen LogP contribution in [0, 0.1) is 0 Å². The average molecular weight is 222 g/mol. The minimum Gasteiger partial charge on any atom is -0.247 e. The van der Waals surface area contributed by atoms with Gasteiger partial charge < -0.3 is 0 Å². The zero-order valence-electron chi connectivity index (χ0n) is 10.8. The molecule has 0 bridgehead atoms. The van der Waals surface area contributed by atoms with Crippen molar-refractivity contribution in [1.29, 1.82) is 0 Å². The van der Waals surface area contributed by atoms with Gasteiger partial charge in [-0.1, -0.05) is 49.0 Å². The number of rotatable bonds is 6. The van der Waals surface area contributed by atoms with Crippen LogP contribution < -0.4 is 0 Å². The first kappa shape index (κ1) is 14.9. The van der Waals surface area contributed by atoms with Gasteiger partial charge in [-0.25, -0.2) is 4.39 Å². The molecule has 0 aromatic rings. The van der Waals surface area contributed by atoms with E-state index in [1.807, 2.05) is 38.2 Å². The second-order valence-corrected chi connectivity index (χ2v) is 3.95. The highest BCUT2D eigenvalue weighted by atomic mass is 19.1. The molecule has 0 aliphatic rings. The van der Waals surface area contributed by atoms with E-state index in [0.29, 0.717) is 6.42 Å². The number of hydrogen-bond donors (Lipinski definition) is 0. The zero-order valence-corrected chi connectivity index (χ0v) is 10.8. The van der Waals surface area contributed by atoms with Crippen molar-refractivity contribution in [3.8, 4) is 0 Å². The summed E-state index contributed by atoms with van der Waals surface area (Å²) in [5, 5.41) is 0. The molecule has 0 aromatic heterocycles. The van der Waals surface area contributed by atoms with Crippen molar-refractivity contribution in [1.82, 2.24) is 0 Å². The van der Waals surface area contributed by atoms with E-state index in [0.717, 1.165) is 17.6 Å². The molecule has 0 saturated carbocycles. The van der Waals surface area contributed by atoms with Gasteiger partial charge in [0.25, 0.3) is 0 Å². The SMILES string of the molecule is C\C=C/C=C\C(C)=C\C(=C\CC)CC(C)F. The van der Waals surface area contributed by atoms with Crippen LogP contribution in [0.2, 0.25) is 0 Å². The molecule has 0 fully saturated rings. The fourth-order valence-corrected chi connectivity index (χ4v) is 1.45. The maximum Gasteiger partial charge on any atom is 0.101 e. The van der Waals surface area contributed by atoms with Crippen LogP contribution in [0.1, 0.15) is 40.5 Å². The highest BCUT2D eigenvalue weighted by molar-refractivity contribution is 5.30. The van der Waals surface area contributed by atoms with Gasteiger partial charge in [0, 0.05) is 6.42 Å². The molecule has 90 valence electrons. The van der Waals surface area contributed by atoms with E-state index in [4.69, 9.17) is 0 Å². The van der Waals surface area contributed by atoms with Crippen molar-refractivity contribution >= 4 is 0 Å².